The Bertz CT molecular complexity index is 340. The molecule has 0 aromatic carbocycles. The number of hydrogen-bond donors (Lipinski definition) is 1. The van der Waals surface area contributed by atoms with Crippen LogP contribution in [0.5, 0.6) is 0 Å². The van der Waals surface area contributed by atoms with Crippen molar-refractivity contribution in [2.24, 2.45) is 17.8 Å². The SMILES string of the molecule is O=C1NC(=O)[C@@H]2CN(C(=O)C3CC3)C[C@H]12. The normalized spacial score (nSPS) is 34.3. The lowest BCUT2D eigenvalue weighted by Gasteiger charge is -2.16. The minimum absolute atomic E-state index is 0.130. The lowest BCUT2D eigenvalue weighted by molar-refractivity contribution is -0.132. The fourth-order valence-electron chi connectivity index (χ4n) is 2.41. The highest BCUT2D eigenvalue weighted by Gasteiger charge is 2.50. The summed E-state index contributed by atoms with van der Waals surface area (Å²) in [6, 6.07) is 0. The fourth-order valence-corrected chi connectivity index (χ4v) is 2.41. The predicted molar refractivity (Wildman–Crippen MR) is 49.4 cm³/mol. The molecule has 3 rings (SSSR count). The number of imide groups is 1. The van der Waals surface area contributed by atoms with Crippen LogP contribution in [0.4, 0.5) is 0 Å². The third-order valence-electron chi connectivity index (χ3n) is 3.48. The van der Waals surface area contributed by atoms with E-state index in [2.05, 4.69) is 5.32 Å². The molecule has 3 amide bonds. The molecule has 0 bridgehead atoms. The second-order valence-electron chi connectivity index (χ2n) is 4.58. The average molecular weight is 208 g/mol. The van der Waals surface area contributed by atoms with E-state index in [1.807, 2.05) is 0 Å². The standard InChI is InChI=1S/C10H12N2O3/c13-8-6-3-12(10(15)5-1-2-5)4-7(6)9(14)11-8/h5-7H,1-4H2,(H,11,13,14)/t6-,7+. The summed E-state index contributed by atoms with van der Waals surface area (Å²) in [5, 5.41) is 2.31. The van der Waals surface area contributed by atoms with Gasteiger partial charge in [-0.2, -0.15) is 0 Å². The molecule has 5 nitrogen and oxygen atoms in total. The van der Waals surface area contributed by atoms with Crippen LogP contribution in [0.2, 0.25) is 0 Å². The largest absolute Gasteiger partial charge is 0.341 e. The van der Waals surface area contributed by atoms with E-state index in [1.165, 1.54) is 0 Å². The van der Waals surface area contributed by atoms with Gasteiger partial charge in [0, 0.05) is 19.0 Å². The number of nitrogens with zero attached hydrogens (tertiary/aromatic N) is 1. The molecule has 2 aliphatic heterocycles. The summed E-state index contributed by atoms with van der Waals surface area (Å²) in [7, 11) is 0. The molecule has 3 fully saturated rings. The Balaban J connectivity index is 1.75. The maximum atomic E-state index is 11.7. The molecule has 0 unspecified atom stereocenters. The predicted octanol–water partition coefficient (Wildman–Crippen LogP) is -0.873. The summed E-state index contributed by atoms with van der Waals surface area (Å²) in [5.74, 6) is -0.709. The maximum Gasteiger partial charge on any atom is 0.232 e. The van der Waals surface area contributed by atoms with Crippen molar-refractivity contribution in [3.05, 3.63) is 0 Å². The van der Waals surface area contributed by atoms with Crippen molar-refractivity contribution in [3.8, 4) is 0 Å². The molecule has 2 heterocycles. The van der Waals surface area contributed by atoms with Gasteiger partial charge in [0.15, 0.2) is 0 Å². The monoisotopic (exact) mass is 208 g/mol. The van der Waals surface area contributed by atoms with Gasteiger partial charge < -0.3 is 4.90 Å². The molecular formula is C10H12N2O3. The molecule has 5 heteroatoms. The summed E-state index contributed by atoms with van der Waals surface area (Å²) in [6.45, 7) is 0.856. The van der Waals surface area contributed by atoms with Crippen LogP contribution in [0.25, 0.3) is 0 Å². The summed E-state index contributed by atoms with van der Waals surface area (Å²) >= 11 is 0. The van der Waals surface area contributed by atoms with Gasteiger partial charge in [-0.25, -0.2) is 0 Å². The number of nitrogens with one attached hydrogen (secondary N) is 1. The van der Waals surface area contributed by atoms with E-state index in [9.17, 15) is 14.4 Å². The lowest BCUT2D eigenvalue weighted by atomic mass is 10.00. The van der Waals surface area contributed by atoms with Crippen LogP contribution in [0.15, 0.2) is 0 Å². The molecule has 0 aromatic heterocycles. The third kappa shape index (κ3) is 1.26. The van der Waals surface area contributed by atoms with Crippen molar-refractivity contribution in [2.45, 2.75) is 12.8 Å². The van der Waals surface area contributed by atoms with Crippen molar-refractivity contribution >= 4 is 17.7 Å². The Morgan fingerprint density at radius 1 is 1.13 bits per heavy atom. The zero-order chi connectivity index (χ0) is 10.6. The van der Waals surface area contributed by atoms with Crippen LogP contribution in [-0.2, 0) is 14.4 Å². The number of likely N-dealkylation sites (tertiary alicyclic amines) is 1. The molecule has 0 radical (unpaired) electrons. The average Bonchev–Trinajstić information content (AvgIpc) is 2.88. The quantitative estimate of drug-likeness (QED) is 0.569. The molecule has 0 aromatic rings. The first-order valence-electron chi connectivity index (χ1n) is 5.30. The molecule has 2 atom stereocenters. The summed E-state index contributed by atoms with van der Waals surface area (Å²) < 4.78 is 0. The van der Waals surface area contributed by atoms with Crippen molar-refractivity contribution in [1.82, 2.24) is 10.2 Å². The van der Waals surface area contributed by atoms with Crippen LogP contribution in [-0.4, -0.2) is 35.7 Å². The molecular weight excluding hydrogens is 196 g/mol. The molecule has 1 aliphatic carbocycles. The number of rotatable bonds is 1. The van der Waals surface area contributed by atoms with Gasteiger partial charge in [-0.3, -0.25) is 19.7 Å². The third-order valence-corrected chi connectivity index (χ3v) is 3.48. The number of hydrogen-bond acceptors (Lipinski definition) is 3. The van der Waals surface area contributed by atoms with Gasteiger partial charge in [0.05, 0.1) is 11.8 Å². The van der Waals surface area contributed by atoms with Gasteiger partial charge in [0.1, 0.15) is 0 Å². The van der Waals surface area contributed by atoms with E-state index in [1.54, 1.807) is 4.90 Å². The zero-order valence-corrected chi connectivity index (χ0v) is 8.23. The van der Waals surface area contributed by atoms with Crippen LogP contribution in [0.1, 0.15) is 12.8 Å². The molecule has 2 saturated heterocycles. The lowest BCUT2D eigenvalue weighted by Crippen LogP contribution is -2.35. The highest BCUT2D eigenvalue weighted by molar-refractivity contribution is 6.06. The molecule has 1 N–H and O–H groups in total. The summed E-state index contributed by atoms with van der Waals surface area (Å²) in [4.78, 5) is 36.1. The number of carbonyl (C=O) groups is 3. The van der Waals surface area contributed by atoms with Gasteiger partial charge in [-0.15, -0.1) is 0 Å². The molecule has 3 aliphatic rings. The van der Waals surface area contributed by atoms with E-state index in [-0.39, 0.29) is 35.5 Å². The maximum absolute atomic E-state index is 11.7. The van der Waals surface area contributed by atoms with E-state index >= 15 is 0 Å². The summed E-state index contributed by atoms with van der Waals surface area (Å²) in [5.41, 5.74) is 0. The topological polar surface area (TPSA) is 66.5 Å². The van der Waals surface area contributed by atoms with Gasteiger partial charge in [-0.05, 0) is 12.8 Å². The van der Waals surface area contributed by atoms with Crippen molar-refractivity contribution in [2.75, 3.05) is 13.1 Å². The molecule has 80 valence electrons. The molecule has 15 heavy (non-hydrogen) atoms. The number of carbonyl (C=O) groups excluding carboxylic acids is 3. The second kappa shape index (κ2) is 2.81. The Labute approximate surface area is 86.8 Å². The van der Waals surface area contributed by atoms with Gasteiger partial charge >= 0.3 is 0 Å². The van der Waals surface area contributed by atoms with Crippen molar-refractivity contribution in [1.29, 1.82) is 0 Å². The highest BCUT2D eigenvalue weighted by atomic mass is 16.2. The molecule has 0 spiro atoms. The van der Waals surface area contributed by atoms with Gasteiger partial charge in [-0.1, -0.05) is 0 Å². The van der Waals surface area contributed by atoms with Crippen LogP contribution < -0.4 is 5.32 Å². The first-order valence-corrected chi connectivity index (χ1v) is 5.30. The first-order chi connectivity index (χ1) is 7.16. The van der Waals surface area contributed by atoms with E-state index in [0.717, 1.165) is 12.8 Å². The molecule has 1 saturated carbocycles. The van der Waals surface area contributed by atoms with Crippen LogP contribution >= 0.6 is 0 Å². The summed E-state index contributed by atoms with van der Waals surface area (Å²) in [6.07, 6.45) is 1.93. The minimum atomic E-state index is -0.291. The van der Waals surface area contributed by atoms with Crippen LogP contribution in [0, 0.1) is 17.8 Å². The van der Waals surface area contributed by atoms with E-state index < -0.39 is 0 Å². The van der Waals surface area contributed by atoms with Crippen molar-refractivity contribution in [3.63, 3.8) is 0 Å². The van der Waals surface area contributed by atoms with Gasteiger partial charge in [0.2, 0.25) is 17.7 Å². The van der Waals surface area contributed by atoms with Crippen molar-refractivity contribution < 1.29 is 14.4 Å². The Hall–Kier alpha value is -1.39. The van der Waals surface area contributed by atoms with Crippen LogP contribution in [0.3, 0.4) is 0 Å². The van der Waals surface area contributed by atoms with Gasteiger partial charge in [0.25, 0.3) is 0 Å². The first kappa shape index (κ1) is 8.88. The highest BCUT2D eigenvalue weighted by Crippen LogP contribution is 2.35. The Morgan fingerprint density at radius 2 is 1.67 bits per heavy atom. The number of amides is 3. The van der Waals surface area contributed by atoms with E-state index in [0.29, 0.717) is 13.1 Å². The van der Waals surface area contributed by atoms with E-state index in [4.69, 9.17) is 0 Å². The Morgan fingerprint density at radius 3 is 2.13 bits per heavy atom. The minimum Gasteiger partial charge on any atom is -0.341 e. The smallest absolute Gasteiger partial charge is 0.232 e. The number of fused-ring (bicyclic) bond motifs is 1. The zero-order valence-electron chi connectivity index (χ0n) is 8.23. The second-order valence-corrected chi connectivity index (χ2v) is 4.58. The Kier molecular flexibility index (Phi) is 1.66. The fraction of sp³-hybridized carbons (Fsp3) is 0.700.